The van der Waals surface area contributed by atoms with Crippen molar-refractivity contribution in [3.63, 3.8) is 0 Å². The summed E-state index contributed by atoms with van der Waals surface area (Å²) in [5, 5.41) is 6.75. The van der Waals surface area contributed by atoms with Crippen molar-refractivity contribution in [1.29, 1.82) is 0 Å². The molecule has 2 aliphatic heterocycles. The Hall–Kier alpha value is -4.40. The van der Waals surface area contributed by atoms with E-state index in [2.05, 4.69) is 9.80 Å². The maximum atomic E-state index is 13.7. The van der Waals surface area contributed by atoms with E-state index < -0.39 is 0 Å². The SMILES string of the molecule is CN(C)CCCCN1C(=O)c2ccc3c4ccc5c6c(ccc(c7ccc(c2c37)C1=O)c64)C(=O)N(CCCCN(C)C)C5=O. The van der Waals surface area contributed by atoms with Crippen molar-refractivity contribution in [3.05, 3.63) is 70.8 Å². The van der Waals surface area contributed by atoms with Gasteiger partial charge in [0.15, 0.2) is 0 Å². The molecule has 0 aliphatic carbocycles. The summed E-state index contributed by atoms with van der Waals surface area (Å²) in [6.45, 7) is 2.57. The lowest BCUT2D eigenvalue weighted by Crippen LogP contribution is -2.41. The van der Waals surface area contributed by atoms with Crippen molar-refractivity contribution < 1.29 is 19.2 Å². The van der Waals surface area contributed by atoms with Crippen molar-refractivity contribution in [2.45, 2.75) is 25.7 Å². The Bertz CT molecular complexity index is 1760. The highest BCUT2D eigenvalue weighted by Crippen LogP contribution is 2.46. The Labute approximate surface area is 256 Å². The van der Waals surface area contributed by atoms with E-state index >= 15 is 0 Å². The van der Waals surface area contributed by atoms with Gasteiger partial charge in [-0.1, -0.05) is 24.3 Å². The minimum absolute atomic E-state index is 0.256. The maximum absolute atomic E-state index is 13.7. The molecule has 7 rings (SSSR count). The van der Waals surface area contributed by atoms with Crippen LogP contribution in [0.1, 0.15) is 67.1 Å². The van der Waals surface area contributed by atoms with Crippen molar-refractivity contribution in [1.82, 2.24) is 19.6 Å². The number of rotatable bonds is 10. The molecule has 0 N–H and O–H groups in total. The molecule has 2 aliphatic rings. The predicted molar refractivity (Wildman–Crippen MR) is 174 cm³/mol. The second kappa shape index (κ2) is 10.6. The second-order valence-corrected chi connectivity index (χ2v) is 12.7. The fraction of sp³-hybridized carbons (Fsp3) is 0.333. The summed E-state index contributed by atoms with van der Waals surface area (Å²) in [5.74, 6) is -1.02. The molecule has 0 fully saturated rings. The van der Waals surface area contributed by atoms with Crippen molar-refractivity contribution in [3.8, 4) is 0 Å². The summed E-state index contributed by atoms with van der Waals surface area (Å²) in [6, 6.07) is 15.2. The third kappa shape index (κ3) is 4.19. The highest BCUT2D eigenvalue weighted by atomic mass is 16.2. The Morgan fingerprint density at radius 2 is 0.727 bits per heavy atom. The first kappa shape index (κ1) is 28.4. The lowest BCUT2D eigenvalue weighted by atomic mass is 9.82. The van der Waals surface area contributed by atoms with Crippen LogP contribution >= 0.6 is 0 Å². The van der Waals surface area contributed by atoms with Crippen LogP contribution in [0.4, 0.5) is 0 Å². The molecule has 0 bridgehead atoms. The van der Waals surface area contributed by atoms with E-state index in [4.69, 9.17) is 0 Å². The second-order valence-electron chi connectivity index (χ2n) is 12.7. The number of nitrogens with zero attached hydrogens (tertiary/aromatic N) is 4. The first-order chi connectivity index (χ1) is 21.2. The summed E-state index contributed by atoms with van der Waals surface area (Å²) in [5.41, 5.74) is 2.16. The van der Waals surface area contributed by atoms with Crippen LogP contribution in [-0.4, -0.2) is 97.6 Å². The maximum Gasteiger partial charge on any atom is 0.261 e. The fourth-order valence-electron chi connectivity index (χ4n) is 7.17. The first-order valence-electron chi connectivity index (χ1n) is 15.4. The number of carbonyl (C=O) groups excluding carboxylic acids is 4. The summed E-state index contributed by atoms with van der Waals surface area (Å²) in [6.07, 6.45) is 3.28. The van der Waals surface area contributed by atoms with Crippen LogP contribution in [0.5, 0.6) is 0 Å². The topological polar surface area (TPSA) is 81.2 Å². The van der Waals surface area contributed by atoms with Crippen LogP contribution in [0.3, 0.4) is 0 Å². The van der Waals surface area contributed by atoms with E-state index in [0.29, 0.717) is 46.1 Å². The van der Waals surface area contributed by atoms with E-state index in [9.17, 15) is 19.2 Å². The van der Waals surface area contributed by atoms with E-state index in [1.54, 1.807) is 0 Å². The van der Waals surface area contributed by atoms with Crippen LogP contribution in [0.2, 0.25) is 0 Å². The van der Waals surface area contributed by atoms with Crippen LogP contribution in [0.25, 0.3) is 43.1 Å². The van der Waals surface area contributed by atoms with Crippen molar-refractivity contribution in [2.75, 3.05) is 54.4 Å². The molecule has 5 aromatic rings. The number of benzene rings is 5. The molecule has 0 saturated carbocycles. The molecule has 0 saturated heterocycles. The predicted octanol–water partition coefficient (Wildman–Crippen LogP) is 5.61. The average molecular weight is 589 g/mol. The molecule has 4 amide bonds. The number of hydrogen-bond donors (Lipinski definition) is 0. The molecule has 0 spiro atoms. The molecule has 5 aromatic carbocycles. The number of fused-ring (bicyclic) bond motifs is 2. The standard InChI is InChI=1S/C36H36N4O4/c1-37(2)17-5-7-19-39-33(41)25-13-9-21-23-11-15-27-32-28(36(44)40(35(27)43)20-8-6-18-38(3)4)16-12-24(30(23)32)22-10-14-26(34(39)42)31(25)29(21)22/h9-16H,5-8,17-20H2,1-4H3. The third-order valence-corrected chi connectivity index (χ3v) is 9.28. The van der Waals surface area contributed by atoms with E-state index in [0.717, 1.165) is 71.1 Å². The van der Waals surface area contributed by atoms with Crippen LogP contribution < -0.4 is 0 Å². The molecule has 8 heteroatoms. The smallest absolute Gasteiger partial charge is 0.261 e. The summed E-state index contributed by atoms with van der Waals surface area (Å²) in [4.78, 5) is 61.7. The number of carbonyl (C=O) groups is 4. The zero-order valence-corrected chi connectivity index (χ0v) is 25.7. The van der Waals surface area contributed by atoms with Gasteiger partial charge in [0.05, 0.1) is 0 Å². The van der Waals surface area contributed by atoms with E-state index in [1.807, 2.05) is 76.7 Å². The Kier molecular flexibility index (Phi) is 6.86. The Morgan fingerprint density at radius 3 is 1.00 bits per heavy atom. The Balaban J connectivity index is 1.35. The Morgan fingerprint density at radius 1 is 0.432 bits per heavy atom. The van der Waals surface area contributed by atoms with Gasteiger partial charge < -0.3 is 9.80 Å². The number of imide groups is 2. The highest BCUT2D eigenvalue weighted by molar-refractivity contribution is 6.41. The normalized spacial score (nSPS) is 15.1. The molecule has 8 nitrogen and oxygen atoms in total. The largest absolute Gasteiger partial charge is 0.309 e. The zero-order valence-electron chi connectivity index (χ0n) is 25.7. The van der Waals surface area contributed by atoms with Crippen molar-refractivity contribution in [2.24, 2.45) is 0 Å². The molecule has 0 atom stereocenters. The van der Waals surface area contributed by atoms with Gasteiger partial charge in [-0.2, -0.15) is 0 Å². The van der Waals surface area contributed by atoms with Crippen LogP contribution in [0.15, 0.2) is 48.5 Å². The summed E-state index contributed by atoms with van der Waals surface area (Å²) < 4.78 is 0. The molecule has 224 valence electrons. The summed E-state index contributed by atoms with van der Waals surface area (Å²) in [7, 11) is 8.05. The molecule has 44 heavy (non-hydrogen) atoms. The monoisotopic (exact) mass is 588 g/mol. The number of amides is 4. The minimum Gasteiger partial charge on any atom is -0.309 e. The number of hydrogen-bond acceptors (Lipinski definition) is 6. The zero-order chi connectivity index (χ0) is 30.9. The van der Waals surface area contributed by atoms with Gasteiger partial charge in [0.2, 0.25) is 0 Å². The lowest BCUT2D eigenvalue weighted by molar-refractivity contribution is 0.0592. The molecule has 2 heterocycles. The fourth-order valence-corrected chi connectivity index (χ4v) is 7.17. The van der Waals surface area contributed by atoms with Gasteiger partial charge in [-0.05, 0) is 124 Å². The molecule has 0 radical (unpaired) electrons. The average Bonchev–Trinajstić information content (AvgIpc) is 3.00. The van der Waals surface area contributed by atoms with Gasteiger partial charge in [-0.15, -0.1) is 0 Å². The van der Waals surface area contributed by atoms with Crippen LogP contribution in [-0.2, 0) is 0 Å². The molecule has 0 unspecified atom stereocenters. The van der Waals surface area contributed by atoms with Gasteiger partial charge in [0, 0.05) is 46.1 Å². The van der Waals surface area contributed by atoms with Crippen molar-refractivity contribution >= 4 is 66.7 Å². The first-order valence-corrected chi connectivity index (χ1v) is 15.4. The van der Waals surface area contributed by atoms with Gasteiger partial charge in [0.25, 0.3) is 23.6 Å². The van der Waals surface area contributed by atoms with Crippen LogP contribution in [0, 0.1) is 0 Å². The quantitative estimate of drug-likeness (QED) is 0.0913. The minimum atomic E-state index is -0.256. The molecule has 0 aromatic heterocycles. The molecular formula is C36H36N4O4. The lowest BCUT2D eigenvalue weighted by Gasteiger charge is -2.30. The molecular weight excluding hydrogens is 552 g/mol. The van der Waals surface area contributed by atoms with Gasteiger partial charge in [-0.25, -0.2) is 0 Å². The third-order valence-electron chi connectivity index (χ3n) is 9.28. The van der Waals surface area contributed by atoms with E-state index in [1.165, 1.54) is 9.80 Å². The summed E-state index contributed by atoms with van der Waals surface area (Å²) >= 11 is 0. The number of unbranched alkanes of at least 4 members (excludes halogenated alkanes) is 2. The van der Waals surface area contributed by atoms with Gasteiger partial charge in [-0.3, -0.25) is 29.0 Å². The van der Waals surface area contributed by atoms with Gasteiger partial charge >= 0.3 is 0 Å². The van der Waals surface area contributed by atoms with Gasteiger partial charge in [0.1, 0.15) is 0 Å². The highest BCUT2D eigenvalue weighted by Gasteiger charge is 2.36. The van der Waals surface area contributed by atoms with E-state index in [-0.39, 0.29) is 23.6 Å².